The molecular weight excluding hydrogens is 270 g/mol. The Balaban J connectivity index is 2.35. The van der Waals surface area contributed by atoms with Crippen LogP contribution in [0, 0.1) is 5.41 Å². The zero-order valence-corrected chi connectivity index (χ0v) is 11.4. The highest BCUT2D eigenvalue weighted by Gasteiger charge is 2.12. The summed E-state index contributed by atoms with van der Waals surface area (Å²) in [6.45, 7) is 0. The van der Waals surface area contributed by atoms with Crippen LogP contribution < -0.4 is 11.1 Å². The van der Waals surface area contributed by atoms with Gasteiger partial charge in [-0.05, 0) is 6.07 Å². The molecule has 2 aromatic rings. The third-order valence-electron chi connectivity index (χ3n) is 2.73. The zero-order valence-electron chi connectivity index (χ0n) is 10.6. The molecule has 0 aliphatic heterocycles. The molecule has 0 atom stereocenters. The lowest BCUT2D eigenvalue weighted by molar-refractivity contribution is -0.110. The van der Waals surface area contributed by atoms with Crippen molar-refractivity contribution < 1.29 is 4.79 Å². The minimum Gasteiger partial charge on any atom is -0.385 e. The molecule has 0 bridgehead atoms. The Kier molecular flexibility index (Phi) is 4.22. The highest BCUT2D eigenvalue weighted by atomic mass is 32.1. The second-order valence-corrected chi connectivity index (χ2v) is 4.54. The Hall–Kier alpha value is -2.53. The van der Waals surface area contributed by atoms with Crippen LogP contribution in [0.2, 0.25) is 0 Å². The van der Waals surface area contributed by atoms with Gasteiger partial charge < -0.3 is 11.1 Å². The van der Waals surface area contributed by atoms with Gasteiger partial charge in [-0.15, -0.1) is 0 Å². The van der Waals surface area contributed by atoms with E-state index in [1.54, 1.807) is 18.2 Å². The second-order valence-electron chi connectivity index (χ2n) is 4.10. The number of nitrogens with two attached hydrogens (primary N) is 1. The maximum atomic E-state index is 11.6. The average Bonchev–Trinajstić information content (AvgIpc) is 2.48. The minimum absolute atomic E-state index is 0.231. The van der Waals surface area contributed by atoms with Crippen molar-refractivity contribution in [3.8, 4) is 0 Å². The lowest BCUT2D eigenvalue weighted by atomic mass is 10.0. The quantitative estimate of drug-likeness (QED) is 0.597. The van der Waals surface area contributed by atoms with Crippen LogP contribution in [0.5, 0.6) is 0 Å². The first-order chi connectivity index (χ1) is 9.59. The van der Waals surface area contributed by atoms with Crippen molar-refractivity contribution >= 4 is 34.5 Å². The van der Waals surface area contributed by atoms with Gasteiger partial charge in [0, 0.05) is 11.1 Å². The number of hydrogen-bond acceptors (Lipinski definition) is 3. The van der Waals surface area contributed by atoms with Crippen molar-refractivity contribution in [1.29, 1.82) is 5.41 Å². The third-order valence-corrected chi connectivity index (χ3v) is 2.92. The first kappa shape index (κ1) is 13.9. The summed E-state index contributed by atoms with van der Waals surface area (Å²) in [6, 6.07) is 16.4. The van der Waals surface area contributed by atoms with Crippen molar-refractivity contribution in [3.05, 3.63) is 65.7 Å². The van der Waals surface area contributed by atoms with Crippen LogP contribution in [0.25, 0.3) is 0 Å². The molecule has 0 aliphatic rings. The van der Waals surface area contributed by atoms with Crippen molar-refractivity contribution in [2.45, 2.75) is 0 Å². The summed E-state index contributed by atoms with van der Waals surface area (Å²) >= 11 is 4.63. The van der Waals surface area contributed by atoms with Crippen LogP contribution in [0.4, 0.5) is 5.69 Å². The van der Waals surface area contributed by atoms with Gasteiger partial charge in [0.15, 0.2) is 4.99 Å². The fourth-order valence-corrected chi connectivity index (χ4v) is 1.81. The Morgan fingerprint density at radius 2 is 1.65 bits per heavy atom. The molecule has 0 saturated heterocycles. The highest BCUT2D eigenvalue weighted by Crippen LogP contribution is 2.19. The van der Waals surface area contributed by atoms with E-state index < -0.39 is 5.91 Å². The summed E-state index contributed by atoms with van der Waals surface area (Å²) in [5.41, 5.74) is 7.51. The summed E-state index contributed by atoms with van der Waals surface area (Å²) < 4.78 is 0. The van der Waals surface area contributed by atoms with Gasteiger partial charge in [0.1, 0.15) is 0 Å². The fraction of sp³-hybridized carbons (Fsp3) is 0. The molecule has 20 heavy (non-hydrogen) atoms. The van der Waals surface area contributed by atoms with Crippen LogP contribution >= 0.6 is 12.2 Å². The molecule has 0 unspecified atom stereocenters. The van der Waals surface area contributed by atoms with Gasteiger partial charge in [-0.1, -0.05) is 60.7 Å². The topological polar surface area (TPSA) is 79.0 Å². The highest BCUT2D eigenvalue weighted by molar-refractivity contribution is 7.82. The van der Waals surface area contributed by atoms with Crippen molar-refractivity contribution in [3.63, 3.8) is 0 Å². The Morgan fingerprint density at radius 3 is 2.30 bits per heavy atom. The van der Waals surface area contributed by atoms with Crippen LogP contribution in [-0.4, -0.2) is 16.6 Å². The van der Waals surface area contributed by atoms with Crippen molar-refractivity contribution in [2.75, 3.05) is 5.32 Å². The lowest BCUT2D eigenvalue weighted by Crippen LogP contribution is -2.28. The number of benzene rings is 2. The number of hydrogen-bond donors (Lipinski definition) is 3. The van der Waals surface area contributed by atoms with Crippen molar-refractivity contribution in [1.82, 2.24) is 0 Å². The zero-order chi connectivity index (χ0) is 14.5. The molecule has 4 nitrogen and oxygen atoms in total. The van der Waals surface area contributed by atoms with Gasteiger partial charge >= 0.3 is 0 Å². The average molecular weight is 283 g/mol. The maximum absolute atomic E-state index is 11.6. The number of anilines is 1. The van der Waals surface area contributed by atoms with Gasteiger partial charge in [-0.25, -0.2) is 0 Å². The Bertz CT molecular complexity index is 668. The number of carbonyl (C=O) groups excluding carboxylic acids is 1. The van der Waals surface area contributed by atoms with E-state index >= 15 is 0 Å². The first-order valence-corrected chi connectivity index (χ1v) is 6.34. The minimum atomic E-state index is -0.534. The normalized spacial score (nSPS) is 9.80. The van der Waals surface area contributed by atoms with Gasteiger partial charge in [0.2, 0.25) is 0 Å². The lowest BCUT2D eigenvalue weighted by Gasteiger charge is -2.11. The van der Waals surface area contributed by atoms with Gasteiger partial charge in [-0.2, -0.15) is 0 Å². The van der Waals surface area contributed by atoms with E-state index in [-0.39, 0.29) is 4.99 Å². The summed E-state index contributed by atoms with van der Waals surface area (Å²) in [5, 5.41) is 10.9. The molecule has 1 amide bonds. The largest absolute Gasteiger partial charge is 0.385 e. The van der Waals surface area contributed by atoms with Gasteiger partial charge in [0.25, 0.3) is 5.91 Å². The molecule has 2 rings (SSSR count). The number of nitrogens with one attached hydrogen (secondary N) is 2. The third kappa shape index (κ3) is 3.07. The fourth-order valence-electron chi connectivity index (χ4n) is 1.75. The molecule has 0 aliphatic carbocycles. The molecule has 4 N–H and O–H groups in total. The first-order valence-electron chi connectivity index (χ1n) is 5.93. The van der Waals surface area contributed by atoms with E-state index in [4.69, 9.17) is 11.1 Å². The monoisotopic (exact) mass is 283 g/mol. The van der Waals surface area contributed by atoms with Crippen LogP contribution in [0.15, 0.2) is 54.6 Å². The van der Waals surface area contributed by atoms with E-state index in [0.717, 1.165) is 5.56 Å². The Labute approximate surface area is 122 Å². The molecule has 0 aromatic heterocycles. The summed E-state index contributed by atoms with van der Waals surface area (Å²) in [7, 11) is 0. The van der Waals surface area contributed by atoms with E-state index in [0.29, 0.717) is 17.0 Å². The number of amides is 1. The SMILES string of the molecule is N=C(c1ccccc1)c1ccccc1NC(=O)C(N)=S. The smallest absolute Gasteiger partial charge is 0.282 e. The van der Waals surface area contributed by atoms with Crippen LogP contribution in [0.1, 0.15) is 11.1 Å². The molecule has 5 heteroatoms. The van der Waals surface area contributed by atoms with Crippen LogP contribution in [0.3, 0.4) is 0 Å². The van der Waals surface area contributed by atoms with Crippen molar-refractivity contribution in [2.24, 2.45) is 5.73 Å². The summed E-state index contributed by atoms with van der Waals surface area (Å²) in [6.07, 6.45) is 0. The van der Waals surface area contributed by atoms with E-state index in [1.165, 1.54) is 0 Å². The number of carbonyl (C=O) groups is 1. The maximum Gasteiger partial charge on any atom is 0.282 e. The van der Waals surface area contributed by atoms with E-state index in [9.17, 15) is 4.79 Å². The predicted molar refractivity (Wildman–Crippen MR) is 84.2 cm³/mol. The number of rotatable bonds is 3. The van der Waals surface area contributed by atoms with E-state index in [2.05, 4.69) is 17.5 Å². The predicted octanol–water partition coefficient (Wildman–Crippen LogP) is 2.33. The van der Waals surface area contributed by atoms with Crippen LogP contribution in [-0.2, 0) is 4.79 Å². The molecule has 0 radical (unpaired) electrons. The molecule has 0 fully saturated rings. The van der Waals surface area contributed by atoms with Gasteiger partial charge in [-0.3, -0.25) is 10.2 Å². The number of thiocarbonyl (C=S) groups is 1. The molecular formula is C15H13N3OS. The molecule has 0 spiro atoms. The standard InChI is InChI=1S/C15H13N3OS/c16-13(10-6-2-1-3-7-10)11-8-4-5-9-12(11)18-15(19)14(17)20/h1-9,16H,(H2,17,20)(H,18,19). The summed E-state index contributed by atoms with van der Waals surface area (Å²) in [4.78, 5) is 11.3. The second kappa shape index (κ2) is 6.08. The molecule has 0 saturated carbocycles. The molecule has 2 aromatic carbocycles. The molecule has 100 valence electrons. The summed E-state index contributed by atoms with van der Waals surface area (Å²) in [5.74, 6) is -0.534. The van der Waals surface area contributed by atoms with E-state index in [1.807, 2.05) is 36.4 Å². The number of para-hydroxylation sites is 1. The van der Waals surface area contributed by atoms with Gasteiger partial charge in [0.05, 0.1) is 11.4 Å². The molecule has 0 heterocycles. The Morgan fingerprint density at radius 1 is 1.05 bits per heavy atom.